The number of nitrogen functional groups attached to an aromatic ring is 1. The standard InChI is InChI=1S/C9H9BrN4S/c10-7-4-8(11)14-9(13-7)12-5-6-2-1-3-15-6/h1-4H,5H2,(H3,11,12,13,14). The molecule has 0 aromatic carbocycles. The van der Waals surface area contributed by atoms with Crippen LogP contribution in [-0.2, 0) is 6.54 Å². The summed E-state index contributed by atoms with van der Waals surface area (Å²) in [6.07, 6.45) is 0. The van der Waals surface area contributed by atoms with E-state index < -0.39 is 0 Å². The van der Waals surface area contributed by atoms with Gasteiger partial charge in [0.25, 0.3) is 0 Å². The number of hydrogen-bond acceptors (Lipinski definition) is 5. The molecule has 2 heterocycles. The molecule has 15 heavy (non-hydrogen) atoms. The Balaban J connectivity index is 2.05. The van der Waals surface area contributed by atoms with Gasteiger partial charge in [-0.25, -0.2) is 4.98 Å². The minimum Gasteiger partial charge on any atom is -0.383 e. The first-order valence-corrected chi connectivity index (χ1v) is 5.97. The van der Waals surface area contributed by atoms with Crippen LogP contribution in [0.1, 0.15) is 4.88 Å². The van der Waals surface area contributed by atoms with Gasteiger partial charge >= 0.3 is 0 Å². The molecular weight excluding hydrogens is 276 g/mol. The zero-order valence-electron chi connectivity index (χ0n) is 7.77. The average Bonchev–Trinajstić information content (AvgIpc) is 2.65. The van der Waals surface area contributed by atoms with Gasteiger partial charge in [-0.05, 0) is 27.4 Å². The summed E-state index contributed by atoms with van der Waals surface area (Å²) in [5.74, 6) is 0.987. The van der Waals surface area contributed by atoms with E-state index in [1.54, 1.807) is 17.4 Å². The van der Waals surface area contributed by atoms with Gasteiger partial charge in [-0.15, -0.1) is 11.3 Å². The lowest BCUT2D eigenvalue weighted by atomic mass is 10.5. The van der Waals surface area contributed by atoms with E-state index in [0.717, 1.165) is 0 Å². The summed E-state index contributed by atoms with van der Waals surface area (Å²) >= 11 is 4.95. The fourth-order valence-corrected chi connectivity index (χ4v) is 2.14. The fourth-order valence-electron chi connectivity index (χ4n) is 1.09. The molecule has 6 heteroatoms. The quantitative estimate of drug-likeness (QED) is 0.850. The van der Waals surface area contributed by atoms with Crippen molar-refractivity contribution in [3.05, 3.63) is 33.1 Å². The molecule has 2 rings (SSSR count). The molecule has 0 aliphatic carbocycles. The molecule has 2 aromatic rings. The molecule has 0 aliphatic heterocycles. The molecule has 0 atom stereocenters. The zero-order valence-corrected chi connectivity index (χ0v) is 10.2. The summed E-state index contributed by atoms with van der Waals surface area (Å²) in [6.45, 7) is 0.716. The Morgan fingerprint density at radius 3 is 3.00 bits per heavy atom. The van der Waals surface area contributed by atoms with E-state index in [-0.39, 0.29) is 0 Å². The van der Waals surface area contributed by atoms with Crippen molar-refractivity contribution in [2.24, 2.45) is 0 Å². The second kappa shape index (κ2) is 4.59. The maximum atomic E-state index is 5.59. The van der Waals surface area contributed by atoms with Crippen molar-refractivity contribution < 1.29 is 0 Å². The Kier molecular flexibility index (Phi) is 3.17. The Bertz CT molecular complexity index is 423. The lowest BCUT2D eigenvalue weighted by Gasteiger charge is -2.03. The van der Waals surface area contributed by atoms with Crippen molar-refractivity contribution in [1.29, 1.82) is 0 Å². The molecule has 0 fully saturated rings. The van der Waals surface area contributed by atoms with Crippen molar-refractivity contribution in [3.8, 4) is 0 Å². The Labute approximate surface area is 99.7 Å². The SMILES string of the molecule is Nc1cc(Br)nc(NCc2cccs2)n1. The van der Waals surface area contributed by atoms with Gasteiger partial charge in [0.05, 0.1) is 6.54 Å². The number of anilines is 2. The molecular formula is C9H9BrN4S. The number of nitrogens with zero attached hydrogens (tertiary/aromatic N) is 2. The van der Waals surface area contributed by atoms with Crippen LogP contribution in [0.3, 0.4) is 0 Å². The lowest BCUT2D eigenvalue weighted by molar-refractivity contribution is 1.06. The second-order valence-electron chi connectivity index (χ2n) is 2.87. The zero-order chi connectivity index (χ0) is 10.7. The van der Waals surface area contributed by atoms with Gasteiger partial charge in [0.1, 0.15) is 10.4 Å². The van der Waals surface area contributed by atoms with Crippen LogP contribution in [0.4, 0.5) is 11.8 Å². The van der Waals surface area contributed by atoms with E-state index in [1.807, 2.05) is 11.4 Å². The molecule has 2 aromatic heterocycles. The van der Waals surface area contributed by atoms with Gasteiger partial charge in [0.15, 0.2) is 0 Å². The fraction of sp³-hybridized carbons (Fsp3) is 0.111. The monoisotopic (exact) mass is 284 g/mol. The van der Waals surface area contributed by atoms with E-state index >= 15 is 0 Å². The number of aromatic nitrogens is 2. The third kappa shape index (κ3) is 2.90. The van der Waals surface area contributed by atoms with Crippen molar-refractivity contribution in [2.75, 3.05) is 11.1 Å². The highest BCUT2D eigenvalue weighted by Crippen LogP contribution is 2.14. The molecule has 0 spiro atoms. The van der Waals surface area contributed by atoms with Gasteiger partial charge in [-0.2, -0.15) is 4.98 Å². The Hall–Kier alpha value is -1.14. The molecule has 0 unspecified atom stereocenters. The number of nitrogens with one attached hydrogen (secondary N) is 1. The minimum absolute atomic E-state index is 0.450. The first-order chi connectivity index (χ1) is 7.24. The molecule has 3 N–H and O–H groups in total. The van der Waals surface area contributed by atoms with E-state index in [4.69, 9.17) is 5.73 Å². The highest BCUT2D eigenvalue weighted by Gasteiger charge is 2.00. The van der Waals surface area contributed by atoms with E-state index in [1.165, 1.54) is 4.88 Å². The summed E-state index contributed by atoms with van der Waals surface area (Å²) in [4.78, 5) is 9.45. The Morgan fingerprint density at radius 1 is 1.47 bits per heavy atom. The number of halogens is 1. The van der Waals surface area contributed by atoms with Crippen LogP contribution < -0.4 is 11.1 Å². The normalized spacial score (nSPS) is 10.2. The van der Waals surface area contributed by atoms with Gasteiger partial charge in [-0.1, -0.05) is 6.07 Å². The van der Waals surface area contributed by atoms with Crippen molar-refractivity contribution >= 4 is 39.0 Å². The second-order valence-corrected chi connectivity index (χ2v) is 4.72. The number of nitrogens with two attached hydrogens (primary N) is 1. The highest BCUT2D eigenvalue weighted by atomic mass is 79.9. The maximum absolute atomic E-state index is 5.59. The minimum atomic E-state index is 0.450. The summed E-state index contributed by atoms with van der Waals surface area (Å²) in [6, 6.07) is 5.73. The summed E-state index contributed by atoms with van der Waals surface area (Å²) < 4.78 is 0.684. The van der Waals surface area contributed by atoms with Gasteiger partial charge in [0, 0.05) is 10.9 Å². The van der Waals surface area contributed by atoms with Crippen LogP contribution >= 0.6 is 27.3 Å². The summed E-state index contributed by atoms with van der Waals surface area (Å²) in [5.41, 5.74) is 5.59. The lowest BCUT2D eigenvalue weighted by Crippen LogP contribution is -2.04. The molecule has 78 valence electrons. The largest absolute Gasteiger partial charge is 0.383 e. The number of rotatable bonds is 3. The van der Waals surface area contributed by atoms with Crippen LogP contribution in [0.15, 0.2) is 28.2 Å². The van der Waals surface area contributed by atoms with E-state index in [2.05, 4.69) is 37.3 Å². The van der Waals surface area contributed by atoms with Crippen molar-refractivity contribution in [3.63, 3.8) is 0 Å². The predicted octanol–water partition coefficient (Wildman–Crippen LogP) is 2.49. The molecule has 0 bridgehead atoms. The van der Waals surface area contributed by atoms with Crippen molar-refractivity contribution in [1.82, 2.24) is 9.97 Å². The molecule has 4 nitrogen and oxygen atoms in total. The van der Waals surface area contributed by atoms with E-state index in [9.17, 15) is 0 Å². The summed E-state index contributed by atoms with van der Waals surface area (Å²) in [7, 11) is 0. The average molecular weight is 285 g/mol. The van der Waals surface area contributed by atoms with Gasteiger partial charge in [-0.3, -0.25) is 0 Å². The third-order valence-corrected chi connectivity index (χ3v) is 3.00. The molecule has 0 radical (unpaired) electrons. The molecule has 0 saturated carbocycles. The van der Waals surface area contributed by atoms with Crippen LogP contribution in [0.25, 0.3) is 0 Å². The van der Waals surface area contributed by atoms with E-state index in [0.29, 0.717) is 22.9 Å². The molecule has 0 aliphatic rings. The van der Waals surface area contributed by atoms with Crippen LogP contribution in [0.2, 0.25) is 0 Å². The molecule has 0 amide bonds. The Morgan fingerprint density at radius 2 is 2.33 bits per heavy atom. The third-order valence-electron chi connectivity index (χ3n) is 1.72. The highest BCUT2D eigenvalue weighted by molar-refractivity contribution is 9.10. The van der Waals surface area contributed by atoms with Gasteiger partial charge in [0.2, 0.25) is 5.95 Å². The predicted molar refractivity (Wildman–Crippen MR) is 65.8 cm³/mol. The first kappa shape index (κ1) is 10.4. The first-order valence-electron chi connectivity index (χ1n) is 4.30. The maximum Gasteiger partial charge on any atom is 0.226 e. The van der Waals surface area contributed by atoms with Crippen molar-refractivity contribution in [2.45, 2.75) is 6.54 Å². The number of hydrogen-bond donors (Lipinski definition) is 2. The van der Waals surface area contributed by atoms with Crippen LogP contribution in [-0.4, -0.2) is 9.97 Å². The topological polar surface area (TPSA) is 63.8 Å². The van der Waals surface area contributed by atoms with Crippen LogP contribution in [0, 0.1) is 0 Å². The van der Waals surface area contributed by atoms with Crippen LogP contribution in [0.5, 0.6) is 0 Å². The molecule has 0 saturated heterocycles. The smallest absolute Gasteiger partial charge is 0.226 e. The number of thiophene rings is 1. The van der Waals surface area contributed by atoms with Gasteiger partial charge < -0.3 is 11.1 Å². The summed E-state index contributed by atoms with van der Waals surface area (Å²) in [5, 5.41) is 5.14.